The molecule has 2 fully saturated rings. The fraction of sp³-hybridized carbons (Fsp3) is 0.619. The Bertz CT molecular complexity index is 794. The normalized spacial score (nSPS) is 20.8. The van der Waals surface area contributed by atoms with Crippen molar-refractivity contribution in [1.82, 2.24) is 19.2 Å². The van der Waals surface area contributed by atoms with Gasteiger partial charge in [0.1, 0.15) is 5.65 Å². The number of fused-ring (bicyclic) bond motifs is 1. The van der Waals surface area contributed by atoms with E-state index in [0.717, 1.165) is 37.3 Å². The molecule has 0 N–H and O–H groups in total. The van der Waals surface area contributed by atoms with Crippen LogP contribution in [0, 0.1) is 0 Å². The van der Waals surface area contributed by atoms with Gasteiger partial charge in [-0.05, 0) is 44.9 Å². The number of ether oxygens (including phenoxy) is 2. The monoisotopic (exact) mass is 386 g/mol. The van der Waals surface area contributed by atoms with E-state index < -0.39 is 0 Å². The number of carbonyl (C=O) groups excluding carboxylic acids is 1. The van der Waals surface area contributed by atoms with E-state index in [-0.39, 0.29) is 5.91 Å². The van der Waals surface area contributed by atoms with Crippen molar-refractivity contribution < 1.29 is 14.3 Å². The van der Waals surface area contributed by atoms with E-state index in [0.29, 0.717) is 44.6 Å². The van der Waals surface area contributed by atoms with Gasteiger partial charge in [-0.1, -0.05) is 6.07 Å². The van der Waals surface area contributed by atoms with Gasteiger partial charge >= 0.3 is 0 Å². The van der Waals surface area contributed by atoms with Crippen molar-refractivity contribution in [2.45, 2.75) is 38.3 Å². The molecule has 0 radical (unpaired) electrons. The molecular weight excluding hydrogens is 356 g/mol. The van der Waals surface area contributed by atoms with E-state index >= 15 is 0 Å². The average Bonchev–Trinajstić information content (AvgIpc) is 3.11. The molecule has 28 heavy (non-hydrogen) atoms. The van der Waals surface area contributed by atoms with Crippen molar-refractivity contribution in [3.05, 3.63) is 35.8 Å². The van der Waals surface area contributed by atoms with E-state index in [4.69, 9.17) is 9.47 Å². The van der Waals surface area contributed by atoms with E-state index in [2.05, 4.69) is 16.9 Å². The highest BCUT2D eigenvalue weighted by Gasteiger charge is 2.26. The maximum absolute atomic E-state index is 13.1. The van der Waals surface area contributed by atoms with Gasteiger partial charge in [-0.2, -0.15) is 0 Å². The molecular formula is C21H30N4O3. The fourth-order valence-electron chi connectivity index (χ4n) is 4.02. The highest BCUT2D eigenvalue weighted by atomic mass is 16.5. The molecule has 1 atom stereocenters. The summed E-state index contributed by atoms with van der Waals surface area (Å²) >= 11 is 0. The molecule has 2 saturated heterocycles. The topological polar surface area (TPSA) is 59.3 Å². The predicted molar refractivity (Wildman–Crippen MR) is 106 cm³/mol. The molecule has 0 bridgehead atoms. The minimum Gasteiger partial charge on any atom is -0.378 e. The molecule has 2 aromatic heterocycles. The van der Waals surface area contributed by atoms with Crippen molar-refractivity contribution in [3.63, 3.8) is 0 Å². The van der Waals surface area contributed by atoms with Gasteiger partial charge in [-0.25, -0.2) is 4.98 Å². The molecule has 4 rings (SSSR count). The fourth-order valence-corrected chi connectivity index (χ4v) is 4.02. The predicted octanol–water partition coefficient (Wildman–Crippen LogP) is 2.20. The third-order valence-electron chi connectivity index (χ3n) is 5.66. The van der Waals surface area contributed by atoms with Crippen molar-refractivity contribution in [2.75, 3.05) is 46.5 Å². The van der Waals surface area contributed by atoms with Gasteiger partial charge in [0.2, 0.25) is 0 Å². The Morgan fingerprint density at radius 1 is 1.25 bits per heavy atom. The molecule has 2 aliphatic heterocycles. The van der Waals surface area contributed by atoms with Crippen LogP contribution in [0.4, 0.5) is 0 Å². The molecule has 7 nitrogen and oxygen atoms in total. The van der Waals surface area contributed by atoms with E-state index in [1.807, 2.05) is 33.7 Å². The summed E-state index contributed by atoms with van der Waals surface area (Å²) < 4.78 is 13.3. The van der Waals surface area contributed by atoms with Gasteiger partial charge in [0.05, 0.1) is 25.0 Å². The molecule has 7 heteroatoms. The standard InChI is InChI=1S/C21H30N4O3/c1-23(10-8-17-6-3-5-13-28-17)16-18-20(21(26)24-11-14-27-15-12-24)22-19-7-2-4-9-25(18)19/h2,4,7,9,17H,3,5-6,8,10-16H2,1H3. The zero-order valence-corrected chi connectivity index (χ0v) is 16.7. The lowest BCUT2D eigenvalue weighted by atomic mass is 10.1. The first-order chi connectivity index (χ1) is 13.7. The summed E-state index contributed by atoms with van der Waals surface area (Å²) in [5.74, 6) is 0.00557. The smallest absolute Gasteiger partial charge is 0.274 e. The van der Waals surface area contributed by atoms with Crippen molar-refractivity contribution in [3.8, 4) is 0 Å². The van der Waals surface area contributed by atoms with Gasteiger partial charge in [0, 0.05) is 39.0 Å². The van der Waals surface area contributed by atoms with E-state index in [1.165, 1.54) is 12.8 Å². The average molecular weight is 386 g/mol. The molecule has 2 aliphatic rings. The summed E-state index contributed by atoms with van der Waals surface area (Å²) in [6, 6.07) is 5.89. The molecule has 2 aromatic rings. The number of aromatic nitrogens is 2. The van der Waals surface area contributed by atoms with Gasteiger partial charge in [-0.3, -0.25) is 4.79 Å². The van der Waals surface area contributed by atoms with Gasteiger partial charge in [0.15, 0.2) is 5.69 Å². The summed E-state index contributed by atoms with van der Waals surface area (Å²) in [6.45, 7) is 4.95. The van der Waals surface area contributed by atoms with Gasteiger partial charge < -0.3 is 23.7 Å². The first-order valence-electron chi connectivity index (χ1n) is 10.4. The molecule has 1 unspecified atom stereocenters. The first-order valence-corrected chi connectivity index (χ1v) is 10.4. The third-order valence-corrected chi connectivity index (χ3v) is 5.66. The van der Waals surface area contributed by atoms with Gasteiger partial charge in [-0.15, -0.1) is 0 Å². The van der Waals surface area contributed by atoms with Crippen LogP contribution in [0.3, 0.4) is 0 Å². The summed E-state index contributed by atoms with van der Waals surface area (Å²) in [5, 5.41) is 0. The number of nitrogens with zero attached hydrogens (tertiary/aromatic N) is 4. The second-order valence-corrected chi connectivity index (χ2v) is 7.76. The van der Waals surface area contributed by atoms with Crippen LogP contribution in [-0.2, 0) is 16.0 Å². The Balaban J connectivity index is 1.50. The van der Waals surface area contributed by atoms with Crippen LogP contribution < -0.4 is 0 Å². The van der Waals surface area contributed by atoms with Gasteiger partial charge in [0.25, 0.3) is 5.91 Å². The Morgan fingerprint density at radius 2 is 2.11 bits per heavy atom. The largest absolute Gasteiger partial charge is 0.378 e. The number of morpholine rings is 1. The van der Waals surface area contributed by atoms with Crippen LogP contribution in [0.5, 0.6) is 0 Å². The van der Waals surface area contributed by atoms with Crippen LogP contribution >= 0.6 is 0 Å². The Hall–Kier alpha value is -1.96. The second kappa shape index (κ2) is 9.03. The van der Waals surface area contributed by atoms with Crippen LogP contribution in [0.2, 0.25) is 0 Å². The van der Waals surface area contributed by atoms with Crippen LogP contribution in [-0.4, -0.2) is 77.7 Å². The molecule has 0 aliphatic carbocycles. The molecule has 0 aromatic carbocycles. The molecule has 152 valence electrons. The Kier molecular flexibility index (Phi) is 6.24. The van der Waals surface area contributed by atoms with Crippen molar-refractivity contribution >= 4 is 11.6 Å². The number of carbonyl (C=O) groups is 1. The number of imidazole rings is 1. The zero-order valence-electron chi connectivity index (χ0n) is 16.7. The number of hydrogen-bond donors (Lipinski definition) is 0. The highest BCUT2D eigenvalue weighted by molar-refractivity contribution is 5.94. The lowest BCUT2D eigenvalue weighted by molar-refractivity contribution is 0.00631. The Labute approximate surface area is 166 Å². The number of hydrogen-bond acceptors (Lipinski definition) is 5. The van der Waals surface area contributed by atoms with Crippen LogP contribution in [0.25, 0.3) is 5.65 Å². The highest BCUT2D eigenvalue weighted by Crippen LogP contribution is 2.19. The first kappa shape index (κ1) is 19.4. The molecule has 0 spiro atoms. The maximum Gasteiger partial charge on any atom is 0.274 e. The molecule has 0 saturated carbocycles. The minimum absolute atomic E-state index is 0.00557. The van der Waals surface area contributed by atoms with E-state index in [1.54, 1.807) is 0 Å². The number of rotatable bonds is 6. The lowest BCUT2D eigenvalue weighted by Gasteiger charge is -2.27. The zero-order chi connectivity index (χ0) is 19.3. The summed E-state index contributed by atoms with van der Waals surface area (Å²) in [5.41, 5.74) is 2.34. The quantitative estimate of drug-likeness (QED) is 0.762. The summed E-state index contributed by atoms with van der Waals surface area (Å²) in [7, 11) is 2.11. The van der Waals surface area contributed by atoms with Crippen LogP contribution in [0.1, 0.15) is 41.9 Å². The van der Waals surface area contributed by atoms with E-state index in [9.17, 15) is 4.79 Å². The van der Waals surface area contributed by atoms with Crippen molar-refractivity contribution in [2.24, 2.45) is 0 Å². The molecule has 1 amide bonds. The van der Waals surface area contributed by atoms with Crippen LogP contribution in [0.15, 0.2) is 24.4 Å². The summed E-state index contributed by atoms with van der Waals surface area (Å²) in [6.07, 6.45) is 6.99. The maximum atomic E-state index is 13.1. The number of pyridine rings is 1. The minimum atomic E-state index is 0.00557. The number of amides is 1. The molecule has 4 heterocycles. The third kappa shape index (κ3) is 4.37. The Morgan fingerprint density at radius 3 is 2.89 bits per heavy atom. The second-order valence-electron chi connectivity index (χ2n) is 7.76. The lowest BCUT2D eigenvalue weighted by Crippen LogP contribution is -2.41. The summed E-state index contributed by atoms with van der Waals surface area (Å²) in [4.78, 5) is 21.9. The SMILES string of the molecule is CN(CCC1CCCCO1)Cc1c(C(=O)N2CCOCC2)nc2ccccn12. The van der Waals surface area contributed by atoms with Crippen molar-refractivity contribution in [1.29, 1.82) is 0 Å².